The number of pyridine rings is 1. The number of aromatic nitrogens is 3. The molecule has 2 aromatic heterocycles. The fourth-order valence-corrected chi connectivity index (χ4v) is 6.33. The van der Waals surface area contributed by atoms with E-state index < -0.39 is 10.0 Å². The van der Waals surface area contributed by atoms with E-state index in [1.807, 2.05) is 6.92 Å². The van der Waals surface area contributed by atoms with Crippen molar-refractivity contribution in [3.63, 3.8) is 0 Å². The Kier molecular flexibility index (Phi) is 6.13. The summed E-state index contributed by atoms with van der Waals surface area (Å²) in [5, 5.41) is 2.89. The van der Waals surface area contributed by atoms with Gasteiger partial charge in [-0.1, -0.05) is 12.5 Å². The molecule has 1 saturated heterocycles. The number of hydrogen-bond acceptors (Lipinski definition) is 6. The number of imidazole rings is 1. The number of amides is 1. The van der Waals surface area contributed by atoms with Crippen molar-refractivity contribution in [3.8, 4) is 0 Å². The zero-order valence-corrected chi connectivity index (χ0v) is 20.3. The molecule has 0 aliphatic carbocycles. The third kappa shape index (κ3) is 4.21. The van der Waals surface area contributed by atoms with E-state index in [2.05, 4.69) is 14.9 Å². The number of aryl methyl sites for hydroxylation is 4. The maximum Gasteiger partial charge on any atom is 0.258 e. The first-order chi connectivity index (χ1) is 16.3. The van der Waals surface area contributed by atoms with Crippen LogP contribution in [0.3, 0.4) is 0 Å². The van der Waals surface area contributed by atoms with Crippen LogP contribution in [0.4, 0.5) is 5.69 Å². The standard InChI is InChI=1S/C24H29N5O4S/c1-16-7-8-18(15-20(16)34(31,32)28-10-12-33-13-11-28)26-24(30)19-14-17(2)25-23-22(19)27-21-6-4-3-5-9-29(21)23/h7-8,14-15H,3-6,9-13H2,1-2H3,(H,26,30). The number of benzene rings is 1. The van der Waals surface area contributed by atoms with Gasteiger partial charge >= 0.3 is 0 Å². The normalized spacial score (nSPS) is 17.4. The van der Waals surface area contributed by atoms with Crippen LogP contribution in [-0.2, 0) is 27.7 Å². The Labute approximate surface area is 199 Å². The number of sulfonamides is 1. The summed E-state index contributed by atoms with van der Waals surface area (Å²) >= 11 is 0. The molecule has 2 aliphatic rings. The van der Waals surface area contributed by atoms with Gasteiger partial charge in [-0.05, 0) is 50.5 Å². The molecule has 1 aromatic carbocycles. The van der Waals surface area contributed by atoms with Crippen molar-refractivity contribution in [1.29, 1.82) is 0 Å². The third-order valence-corrected chi connectivity index (χ3v) is 8.51. The molecular formula is C24H29N5O4S. The molecule has 5 rings (SSSR count). The SMILES string of the molecule is Cc1cc(C(=O)Nc2ccc(C)c(S(=O)(=O)N3CCOCC3)c2)c2nc3n(c2n1)CCCCC3. The maximum atomic E-state index is 13.3. The van der Waals surface area contributed by atoms with E-state index in [4.69, 9.17) is 9.72 Å². The smallest absolute Gasteiger partial charge is 0.258 e. The Bertz CT molecular complexity index is 1360. The molecule has 180 valence electrons. The predicted octanol–water partition coefficient (Wildman–Crippen LogP) is 3.05. The Morgan fingerprint density at radius 1 is 1.03 bits per heavy atom. The van der Waals surface area contributed by atoms with Crippen molar-refractivity contribution >= 4 is 32.8 Å². The zero-order valence-electron chi connectivity index (χ0n) is 19.5. The first-order valence-corrected chi connectivity index (χ1v) is 13.2. The molecule has 0 spiro atoms. The van der Waals surface area contributed by atoms with Gasteiger partial charge in [0.2, 0.25) is 10.0 Å². The molecule has 3 aromatic rings. The van der Waals surface area contributed by atoms with Crippen molar-refractivity contribution in [2.24, 2.45) is 0 Å². The van der Waals surface area contributed by atoms with Crippen molar-refractivity contribution in [1.82, 2.24) is 18.8 Å². The lowest BCUT2D eigenvalue weighted by Crippen LogP contribution is -2.40. The third-order valence-electron chi connectivity index (χ3n) is 6.47. The van der Waals surface area contributed by atoms with Gasteiger partial charge in [0.1, 0.15) is 11.3 Å². The summed E-state index contributed by atoms with van der Waals surface area (Å²) in [4.78, 5) is 23.0. The van der Waals surface area contributed by atoms with Crippen LogP contribution in [0.5, 0.6) is 0 Å². The van der Waals surface area contributed by atoms with E-state index in [9.17, 15) is 13.2 Å². The minimum absolute atomic E-state index is 0.192. The second-order valence-corrected chi connectivity index (χ2v) is 10.8. The molecule has 2 aliphatic heterocycles. The topological polar surface area (TPSA) is 106 Å². The summed E-state index contributed by atoms with van der Waals surface area (Å²) < 4.78 is 35.3. The number of anilines is 1. The number of hydrogen-bond donors (Lipinski definition) is 1. The zero-order chi connectivity index (χ0) is 23.9. The number of nitrogens with one attached hydrogen (secondary N) is 1. The monoisotopic (exact) mass is 483 g/mol. The molecule has 10 heteroatoms. The second-order valence-electron chi connectivity index (χ2n) is 8.92. The van der Waals surface area contributed by atoms with Crippen LogP contribution in [0.15, 0.2) is 29.2 Å². The van der Waals surface area contributed by atoms with Gasteiger partial charge < -0.3 is 14.6 Å². The van der Waals surface area contributed by atoms with Crippen molar-refractivity contribution in [3.05, 3.63) is 46.9 Å². The quantitative estimate of drug-likeness (QED) is 0.611. The van der Waals surface area contributed by atoms with Gasteiger partial charge in [0.05, 0.1) is 23.7 Å². The molecule has 1 N–H and O–H groups in total. The minimum atomic E-state index is -3.69. The highest BCUT2D eigenvalue weighted by Crippen LogP contribution is 2.27. The highest BCUT2D eigenvalue weighted by molar-refractivity contribution is 7.89. The lowest BCUT2D eigenvalue weighted by Gasteiger charge is -2.26. The predicted molar refractivity (Wildman–Crippen MR) is 129 cm³/mol. The number of fused-ring (bicyclic) bond motifs is 3. The van der Waals surface area contributed by atoms with E-state index in [1.54, 1.807) is 25.1 Å². The van der Waals surface area contributed by atoms with Gasteiger partial charge in [-0.2, -0.15) is 4.31 Å². The van der Waals surface area contributed by atoms with E-state index in [0.29, 0.717) is 48.6 Å². The maximum absolute atomic E-state index is 13.3. The molecule has 1 amide bonds. The molecule has 34 heavy (non-hydrogen) atoms. The average Bonchev–Trinajstić information content (AvgIpc) is 3.00. The van der Waals surface area contributed by atoms with Gasteiger partial charge in [-0.3, -0.25) is 4.79 Å². The van der Waals surface area contributed by atoms with Crippen LogP contribution in [0.2, 0.25) is 0 Å². The molecule has 0 atom stereocenters. The largest absolute Gasteiger partial charge is 0.379 e. The second kappa shape index (κ2) is 9.09. The van der Waals surface area contributed by atoms with E-state index >= 15 is 0 Å². The molecule has 0 bridgehead atoms. The van der Waals surface area contributed by atoms with Crippen molar-refractivity contribution in [2.45, 2.75) is 51.0 Å². The summed E-state index contributed by atoms with van der Waals surface area (Å²) in [5.41, 5.74) is 3.57. The summed E-state index contributed by atoms with van der Waals surface area (Å²) in [6.45, 7) is 5.86. The van der Waals surface area contributed by atoms with E-state index in [0.717, 1.165) is 49.4 Å². The molecule has 9 nitrogen and oxygen atoms in total. The summed E-state index contributed by atoms with van der Waals surface area (Å²) in [6, 6.07) is 6.71. The fraction of sp³-hybridized carbons (Fsp3) is 0.458. The van der Waals surface area contributed by atoms with Crippen LogP contribution < -0.4 is 5.32 Å². The molecule has 0 radical (unpaired) electrons. The Morgan fingerprint density at radius 3 is 2.62 bits per heavy atom. The van der Waals surface area contributed by atoms with Crippen LogP contribution in [-0.4, -0.2) is 59.5 Å². The summed E-state index contributed by atoms with van der Waals surface area (Å²) in [7, 11) is -3.69. The van der Waals surface area contributed by atoms with Crippen LogP contribution >= 0.6 is 0 Å². The lowest BCUT2D eigenvalue weighted by atomic mass is 10.1. The van der Waals surface area contributed by atoms with Crippen LogP contribution in [0.25, 0.3) is 11.2 Å². The molecular weight excluding hydrogens is 454 g/mol. The number of morpholine rings is 1. The van der Waals surface area contributed by atoms with E-state index in [-0.39, 0.29) is 10.8 Å². The number of nitrogens with zero attached hydrogens (tertiary/aromatic N) is 4. The Balaban J connectivity index is 1.48. The van der Waals surface area contributed by atoms with Gasteiger partial charge in [0, 0.05) is 37.4 Å². The average molecular weight is 484 g/mol. The summed E-state index contributed by atoms with van der Waals surface area (Å²) in [5.74, 6) is 0.635. The minimum Gasteiger partial charge on any atom is -0.379 e. The molecule has 1 fully saturated rings. The van der Waals surface area contributed by atoms with Crippen molar-refractivity contribution < 1.29 is 17.9 Å². The first-order valence-electron chi connectivity index (χ1n) is 11.7. The van der Waals surface area contributed by atoms with Crippen LogP contribution in [0.1, 0.15) is 46.7 Å². The van der Waals surface area contributed by atoms with Crippen molar-refractivity contribution in [2.75, 3.05) is 31.6 Å². The first kappa shape index (κ1) is 22.9. The number of rotatable bonds is 4. The van der Waals surface area contributed by atoms with Crippen LogP contribution in [0, 0.1) is 13.8 Å². The summed E-state index contributed by atoms with van der Waals surface area (Å²) in [6.07, 6.45) is 4.18. The highest BCUT2D eigenvalue weighted by Gasteiger charge is 2.28. The van der Waals surface area contributed by atoms with Gasteiger partial charge in [-0.25, -0.2) is 18.4 Å². The highest BCUT2D eigenvalue weighted by atomic mass is 32.2. The number of carbonyl (C=O) groups is 1. The fourth-order valence-electron chi connectivity index (χ4n) is 4.67. The number of carbonyl (C=O) groups excluding carboxylic acids is 1. The Hall–Kier alpha value is -2.82. The molecule has 0 saturated carbocycles. The number of ether oxygens (including phenoxy) is 1. The van der Waals surface area contributed by atoms with Gasteiger partial charge in [0.25, 0.3) is 5.91 Å². The molecule has 0 unspecified atom stereocenters. The lowest BCUT2D eigenvalue weighted by molar-refractivity contribution is 0.0730. The van der Waals surface area contributed by atoms with Gasteiger partial charge in [0.15, 0.2) is 5.65 Å². The Morgan fingerprint density at radius 2 is 1.82 bits per heavy atom. The molecule has 4 heterocycles. The van der Waals surface area contributed by atoms with Gasteiger partial charge in [-0.15, -0.1) is 0 Å². The van der Waals surface area contributed by atoms with E-state index in [1.165, 1.54) is 10.4 Å².